The molecule has 0 aromatic carbocycles. The second-order valence-corrected chi connectivity index (χ2v) is 4.66. The Balaban J connectivity index is 2.41. The van der Waals surface area contributed by atoms with Gasteiger partial charge in [-0.3, -0.25) is 4.79 Å². The fourth-order valence-corrected chi connectivity index (χ4v) is 1.90. The van der Waals surface area contributed by atoms with Crippen molar-refractivity contribution in [1.29, 1.82) is 0 Å². The Bertz CT molecular complexity index is 206. The first-order valence-electron chi connectivity index (χ1n) is 5.03. The SMILES string of the molecule is CC1(C)CCC(CCC=O)CC1=O. The molecule has 1 aliphatic rings. The van der Waals surface area contributed by atoms with Crippen LogP contribution in [0.4, 0.5) is 0 Å². The highest BCUT2D eigenvalue weighted by atomic mass is 16.1. The van der Waals surface area contributed by atoms with E-state index in [2.05, 4.69) is 0 Å². The Morgan fingerprint density at radius 1 is 1.54 bits per heavy atom. The third-order valence-electron chi connectivity index (χ3n) is 3.10. The van der Waals surface area contributed by atoms with Crippen molar-refractivity contribution >= 4 is 12.1 Å². The van der Waals surface area contributed by atoms with Crippen molar-refractivity contribution in [2.45, 2.75) is 46.0 Å². The van der Waals surface area contributed by atoms with Crippen LogP contribution in [0.3, 0.4) is 0 Å². The molecule has 1 rings (SSSR count). The van der Waals surface area contributed by atoms with E-state index in [1.54, 1.807) is 0 Å². The van der Waals surface area contributed by atoms with Gasteiger partial charge in [0.05, 0.1) is 0 Å². The lowest BCUT2D eigenvalue weighted by Gasteiger charge is -2.32. The van der Waals surface area contributed by atoms with E-state index >= 15 is 0 Å². The molecule has 13 heavy (non-hydrogen) atoms. The molecule has 0 aromatic rings. The minimum absolute atomic E-state index is 0.113. The second-order valence-electron chi connectivity index (χ2n) is 4.66. The Kier molecular flexibility index (Phi) is 3.23. The lowest BCUT2D eigenvalue weighted by molar-refractivity contribution is -0.131. The van der Waals surface area contributed by atoms with Crippen LogP contribution in [-0.4, -0.2) is 12.1 Å². The smallest absolute Gasteiger partial charge is 0.138 e. The number of Topliss-reactive ketones (excluding diaryl/α,β-unsaturated/α-hetero) is 1. The van der Waals surface area contributed by atoms with Crippen molar-refractivity contribution in [1.82, 2.24) is 0 Å². The zero-order valence-electron chi connectivity index (χ0n) is 8.51. The summed E-state index contributed by atoms with van der Waals surface area (Å²) in [5.74, 6) is 0.834. The summed E-state index contributed by atoms with van der Waals surface area (Å²) in [6, 6.07) is 0. The Labute approximate surface area is 79.7 Å². The topological polar surface area (TPSA) is 34.1 Å². The number of hydrogen-bond donors (Lipinski definition) is 0. The molecular formula is C11H18O2. The van der Waals surface area contributed by atoms with E-state index in [-0.39, 0.29) is 5.41 Å². The summed E-state index contributed by atoms with van der Waals surface area (Å²) < 4.78 is 0. The van der Waals surface area contributed by atoms with Gasteiger partial charge < -0.3 is 4.79 Å². The van der Waals surface area contributed by atoms with Crippen LogP contribution in [0.2, 0.25) is 0 Å². The first-order chi connectivity index (χ1) is 6.06. The highest BCUT2D eigenvalue weighted by Crippen LogP contribution is 2.36. The van der Waals surface area contributed by atoms with Gasteiger partial charge in [-0.2, -0.15) is 0 Å². The Morgan fingerprint density at radius 3 is 2.77 bits per heavy atom. The number of ketones is 1. The second kappa shape index (κ2) is 4.03. The maximum Gasteiger partial charge on any atom is 0.138 e. The van der Waals surface area contributed by atoms with Gasteiger partial charge >= 0.3 is 0 Å². The minimum Gasteiger partial charge on any atom is -0.303 e. The molecule has 1 aliphatic carbocycles. The molecule has 0 spiro atoms. The quantitative estimate of drug-likeness (QED) is 0.628. The third-order valence-corrected chi connectivity index (χ3v) is 3.10. The molecule has 0 heterocycles. The average molecular weight is 182 g/mol. The van der Waals surface area contributed by atoms with Crippen molar-refractivity contribution < 1.29 is 9.59 Å². The monoisotopic (exact) mass is 182 g/mol. The minimum atomic E-state index is -0.113. The van der Waals surface area contributed by atoms with Crippen LogP contribution in [0.1, 0.15) is 46.0 Å². The molecule has 0 amide bonds. The predicted octanol–water partition coefficient (Wildman–Crippen LogP) is 2.36. The van der Waals surface area contributed by atoms with E-state index in [4.69, 9.17) is 0 Å². The predicted molar refractivity (Wildman–Crippen MR) is 51.4 cm³/mol. The van der Waals surface area contributed by atoms with Crippen molar-refractivity contribution in [3.8, 4) is 0 Å². The van der Waals surface area contributed by atoms with E-state index in [0.717, 1.165) is 25.5 Å². The van der Waals surface area contributed by atoms with Crippen LogP contribution in [0.5, 0.6) is 0 Å². The number of carbonyl (C=O) groups excluding carboxylic acids is 2. The summed E-state index contributed by atoms with van der Waals surface area (Å²) in [7, 11) is 0. The van der Waals surface area contributed by atoms with Crippen LogP contribution in [0.15, 0.2) is 0 Å². The molecule has 0 aliphatic heterocycles. The first kappa shape index (κ1) is 10.4. The van der Waals surface area contributed by atoms with Crippen molar-refractivity contribution in [3.63, 3.8) is 0 Å². The summed E-state index contributed by atoms with van der Waals surface area (Å²) in [5, 5.41) is 0. The van der Waals surface area contributed by atoms with Crippen LogP contribution in [0, 0.1) is 11.3 Å². The fourth-order valence-electron chi connectivity index (χ4n) is 1.90. The van der Waals surface area contributed by atoms with Gasteiger partial charge in [0.1, 0.15) is 12.1 Å². The van der Waals surface area contributed by atoms with E-state index in [0.29, 0.717) is 24.5 Å². The summed E-state index contributed by atoms with van der Waals surface area (Å²) in [6.07, 6.45) is 5.22. The average Bonchev–Trinajstić information content (AvgIpc) is 2.07. The van der Waals surface area contributed by atoms with Gasteiger partial charge in [0.15, 0.2) is 0 Å². The highest BCUT2D eigenvalue weighted by molar-refractivity contribution is 5.84. The Morgan fingerprint density at radius 2 is 2.23 bits per heavy atom. The van der Waals surface area contributed by atoms with E-state index < -0.39 is 0 Å². The van der Waals surface area contributed by atoms with Gasteiger partial charge in [-0.05, 0) is 25.2 Å². The molecule has 1 unspecified atom stereocenters. The molecule has 2 nitrogen and oxygen atoms in total. The first-order valence-corrected chi connectivity index (χ1v) is 5.03. The number of aldehydes is 1. The zero-order valence-corrected chi connectivity index (χ0v) is 8.51. The molecule has 1 atom stereocenters. The van der Waals surface area contributed by atoms with E-state index in [1.165, 1.54) is 0 Å². The number of hydrogen-bond acceptors (Lipinski definition) is 2. The van der Waals surface area contributed by atoms with Crippen LogP contribution >= 0.6 is 0 Å². The van der Waals surface area contributed by atoms with E-state index in [1.807, 2.05) is 13.8 Å². The van der Waals surface area contributed by atoms with Gasteiger partial charge in [-0.25, -0.2) is 0 Å². The largest absolute Gasteiger partial charge is 0.303 e. The molecule has 0 N–H and O–H groups in total. The van der Waals surface area contributed by atoms with Crippen molar-refractivity contribution in [2.75, 3.05) is 0 Å². The standard InChI is InChI=1S/C11H18O2/c1-11(2)6-5-9(4-3-7-12)8-10(11)13/h7,9H,3-6,8H2,1-2H3. The van der Waals surface area contributed by atoms with Gasteiger partial charge in [0, 0.05) is 18.3 Å². The number of rotatable bonds is 3. The summed E-state index contributed by atoms with van der Waals surface area (Å²) in [6.45, 7) is 4.04. The van der Waals surface area contributed by atoms with Crippen LogP contribution in [-0.2, 0) is 9.59 Å². The summed E-state index contributed by atoms with van der Waals surface area (Å²) in [4.78, 5) is 21.8. The Hall–Kier alpha value is -0.660. The van der Waals surface area contributed by atoms with Gasteiger partial charge in [0.2, 0.25) is 0 Å². The lowest BCUT2D eigenvalue weighted by Crippen LogP contribution is -2.31. The van der Waals surface area contributed by atoms with Crippen LogP contribution < -0.4 is 0 Å². The molecule has 0 radical (unpaired) electrons. The lowest BCUT2D eigenvalue weighted by atomic mass is 9.71. The number of carbonyl (C=O) groups is 2. The van der Waals surface area contributed by atoms with Gasteiger partial charge in [-0.1, -0.05) is 13.8 Å². The summed E-state index contributed by atoms with van der Waals surface area (Å²) >= 11 is 0. The molecule has 1 saturated carbocycles. The summed E-state index contributed by atoms with van der Waals surface area (Å²) in [5.41, 5.74) is -0.113. The molecular weight excluding hydrogens is 164 g/mol. The molecule has 1 fully saturated rings. The molecule has 0 aromatic heterocycles. The zero-order chi connectivity index (χ0) is 9.90. The van der Waals surface area contributed by atoms with Gasteiger partial charge in [0.25, 0.3) is 0 Å². The molecule has 2 heteroatoms. The van der Waals surface area contributed by atoms with Crippen LogP contribution in [0.25, 0.3) is 0 Å². The molecule has 0 bridgehead atoms. The molecule has 74 valence electrons. The highest BCUT2D eigenvalue weighted by Gasteiger charge is 2.34. The van der Waals surface area contributed by atoms with E-state index in [9.17, 15) is 9.59 Å². The van der Waals surface area contributed by atoms with Crippen molar-refractivity contribution in [3.05, 3.63) is 0 Å². The van der Waals surface area contributed by atoms with Crippen molar-refractivity contribution in [2.24, 2.45) is 11.3 Å². The fraction of sp³-hybridized carbons (Fsp3) is 0.818. The molecule has 0 saturated heterocycles. The third kappa shape index (κ3) is 2.64. The maximum atomic E-state index is 11.6. The maximum absolute atomic E-state index is 11.6. The normalized spacial score (nSPS) is 27.2. The van der Waals surface area contributed by atoms with Gasteiger partial charge in [-0.15, -0.1) is 0 Å².